The quantitative estimate of drug-likeness (QED) is 0.261. The molecule has 3 aromatic carbocycles. The molecule has 4 rings (SSSR count). The summed E-state index contributed by atoms with van der Waals surface area (Å²) in [5.41, 5.74) is 0.820. The molecule has 0 radical (unpaired) electrons. The normalized spacial score (nSPS) is 17.2. The number of nitrogens with zero attached hydrogens (tertiary/aromatic N) is 1. The van der Waals surface area contributed by atoms with Crippen LogP contribution >= 0.6 is 11.6 Å². The van der Waals surface area contributed by atoms with Crippen molar-refractivity contribution in [2.24, 2.45) is 5.14 Å². The number of primary sulfonamides is 1. The van der Waals surface area contributed by atoms with Gasteiger partial charge in [0.2, 0.25) is 10.0 Å². The maximum Gasteiger partial charge on any atom is 0.300 e. The van der Waals surface area contributed by atoms with Gasteiger partial charge in [0, 0.05) is 11.3 Å². The number of amides is 1. The summed E-state index contributed by atoms with van der Waals surface area (Å²) in [6, 6.07) is 15.4. The van der Waals surface area contributed by atoms with E-state index in [1.54, 1.807) is 31.2 Å². The first-order valence-electron chi connectivity index (χ1n) is 11.1. The van der Waals surface area contributed by atoms with E-state index < -0.39 is 33.5 Å². The summed E-state index contributed by atoms with van der Waals surface area (Å²) in [5, 5.41) is 16.8. The van der Waals surface area contributed by atoms with Crippen molar-refractivity contribution in [3.63, 3.8) is 0 Å². The lowest BCUT2D eigenvalue weighted by atomic mass is 9.95. The van der Waals surface area contributed by atoms with Gasteiger partial charge in [-0.05, 0) is 67.1 Å². The Morgan fingerprint density at radius 2 is 1.70 bits per heavy atom. The molecule has 3 N–H and O–H groups in total. The van der Waals surface area contributed by atoms with Crippen LogP contribution in [0.2, 0.25) is 5.02 Å². The second-order valence-electron chi connectivity index (χ2n) is 8.06. The Bertz CT molecular complexity index is 1500. The lowest BCUT2D eigenvalue weighted by Crippen LogP contribution is -2.29. The first kappa shape index (κ1) is 26.2. The van der Waals surface area contributed by atoms with Crippen LogP contribution in [0.4, 0.5) is 5.69 Å². The number of aliphatic hydroxyl groups is 1. The Hall–Kier alpha value is -3.86. The first-order chi connectivity index (χ1) is 17.6. The molecule has 3 aromatic rings. The summed E-state index contributed by atoms with van der Waals surface area (Å²) < 4.78 is 34.1. The zero-order chi connectivity index (χ0) is 26.9. The van der Waals surface area contributed by atoms with Crippen LogP contribution in [-0.4, -0.2) is 38.9 Å². The molecule has 37 heavy (non-hydrogen) atoms. The highest BCUT2D eigenvalue weighted by Gasteiger charge is 2.47. The van der Waals surface area contributed by atoms with Gasteiger partial charge in [-0.2, -0.15) is 0 Å². The number of carbonyl (C=O) groups excluding carboxylic acids is 2. The first-order valence-corrected chi connectivity index (χ1v) is 13.0. The number of ketones is 1. The molecule has 1 fully saturated rings. The third-order valence-corrected chi connectivity index (χ3v) is 7.07. The molecule has 11 heteroatoms. The molecule has 192 valence electrons. The summed E-state index contributed by atoms with van der Waals surface area (Å²) in [6.45, 7) is 2.11. The van der Waals surface area contributed by atoms with Crippen molar-refractivity contribution in [3.05, 3.63) is 88.5 Å². The van der Waals surface area contributed by atoms with Crippen LogP contribution < -0.4 is 19.5 Å². The van der Waals surface area contributed by atoms with Gasteiger partial charge in [0.05, 0.1) is 35.2 Å². The number of anilines is 1. The molecule has 0 aromatic heterocycles. The number of methoxy groups -OCH3 is 1. The smallest absolute Gasteiger partial charge is 0.300 e. The van der Waals surface area contributed by atoms with Gasteiger partial charge in [-0.1, -0.05) is 23.7 Å². The van der Waals surface area contributed by atoms with Crippen molar-refractivity contribution in [2.75, 3.05) is 18.6 Å². The number of carbonyl (C=O) groups is 2. The molecular weight excluding hydrogens is 520 g/mol. The van der Waals surface area contributed by atoms with Crippen molar-refractivity contribution in [2.45, 2.75) is 17.9 Å². The van der Waals surface area contributed by atoms with E-state index >= 15 is 0 Å². The van der Waals surface area contributed by atoms with E-state index in [2.05, 4.69) is 0 Å². The maximum absolute atomic E-state index is 13.3. The third kappa shape index (κ3) is 5.04. The van der Waals surface area contributed by atoms with Gasteiger partial charge in [-0.15, -0.1) is 0 Å². The molecule has 0 spiro atoms. The Morgan fingerprint density at radius 1 is 1.05 bits per heavy atom. The van der Waals surface area contributed by atoms with Gasteiger partial charge in [0.1, 0.15) is 17.3 Å². The molecule has 9 nitrogen and oxygen atoms in total. The van der Waals surface area contributed by atoms with E-state index in [1.807, 2.05) is 0 Å². The fourth-order valence-electron chi connectivity index (χ4n) is 4.07. The largest absolute Gasteiger partial charge is 0.507 e. The van der Waals surface area contributed by atoms with E-state index in [4.69, 9.17) is 26.2 Å². The van der Waals surface area contributed by atoms with Crippen LogP contribution in [0.15, 0.2) is 77.2 Å². The lowest BCUT2D eigenvalue weighted by Gasteiger charge is -2.25. The number of hydrogen-bond acceptors (Lipinski definition) is 7. The molecule has 0 bridgehead atoms. The highest BCUT2D eigenvalue weighted by Crippen LogP contribution is 2.43. The molecule has 1 saturated heterocycles. The topological polar surface area (TPSA) is 136 Å². The number of ether oxygens (including phenoxy) is 2. The molecular formula is C26H23ClN2O7S. The van der Waals surface area contributed by atoms with Crippen molar-refractivity contribution in [3.8, 4) is 11.5 Å². The fraction of sp³-hybridized carbons (Fsp3) is 0.154. The van der Waals surface area contributed by atoms with Crippen LogP contribution in [0.25, 0.3) is 5.76 Å². The standard InChI is InChI=1S/C26H23ClN2O7S/c1-3-36-21-14-16(6-13-20(21)27)24(30)22-23(15-4-9-18(35-2)10-5-15)29(26(32)25(22)31)17-7-11-19(12-8-17)37(28,33)34/h4-14,23,30H,3H2,1-2H3,(H2,28,33,34)/b24-22+. The van der Waals surface area contributed by atoms with Crippen molar-refractivity contribution >= 4 is 44.8 Å². The van der Waals surface area contributed by atoms with Gasteiger partial charge >= 0.3 is 0 Å². The number of benzene rings is 3. The molecule has 0 aliphatic carbocycles. The van der Waals surface area contributed by atoms with Crippen molar-refractivity contribution < 1.29 is 32.6 Å². The van der Waals surface area contributed by atoms with E-state index in [0.29, 0.717) is 28.7 Å². The second-order valence-corrected chi connectivity index (χ2v) is 10.0. The number of Topliss-reactive ketones (excluding diaryl/α,β-unsaturated/α-hetero) is 1. The monoisotopic (exact) mass is 542 g/mol. The van der Waals surface area contributed by atoms with E-state index in [-0.39, 0.29) is 21.7 Å². The average molecular weight is 543 g/mol. The molecule has 1 aliphatic heterocycles. The number of nitrogens with two attached hydrogens (primary N) is 1. The number of halogens is 1. The molecule has 0 saturated carbocycles. The van der Waals surface area contributed by atoms with Gasteiger partial charge in [0.15, 0.2) is 0 Å². The Labute approximate surface area is 218 Å². The highest BCUT2D eigenvalue weighted by molar-refractivity contribution is 7.89. The summed E-state index contributed by atoms with van der Waals surface area (Å²) >= 11 is 6.18. The van der Waals surface area contributed by atoms with Crippen molar-refractivity contribution in [1.29, 1.82) is 0 Å². The zero-order valence-electron chi connectivity index (χ0n) is 19.8. The summed E-state index contributed by atoms with van der Waals surface area (Å²) in [4.78, 5) is 27.6. The number of hydrogen-bond donors (Lipinski definition) is 2. The molecule has 1 amide bonds. The maximum atomic E-state index is 13.3. The van der Waals surface area contributed by atoms with Gasteiger partial charge in [-0.25, -0.2) is 13.6 Å². The van der Waals surface area contributed by atoms with E-state index in [0.717, 1.165) is 0 Å². The van der Waals surface area contributed by atoms with Crippen LogP contribution in [0, 0.1) is 0 Å². The SMILES string of the molecule is CCOc1cc(/C(O)=C2\C(=O)C(=O)N(c3ccc(S(N)(=O)=O)cc3)C2c2ccc(OC)cc2)ccc1Cl. The van der Waals surface area contributed by atoms with Gasteiger partial charge < -0.3 is 14.6 Å². The Kier molecular flexibility index (Phi) is 7.26. The van der Waals surface area contributed by atoms with Crippen molar-refractivity contribution in [1.82, 2.24) is 0 Å². The highest BCUT2D eigenvalue weighted by atomic mass is 35.5. The summed E-state index contributed by atoms with van der Waals surface area (Å²) in [5.74, 6) is -1.37. The van der Waals surface area contributed by atoms with Gasteiger partial charge in [-0.3, -0.25) is 14.5 Å². The minimum Gasteiger partial charge on any atom is -0.507 e. The van der Waals surface area contributed by atoms with Crippen LogP contribution in [-0.2, 0) is 19.6 Å². The molecule has 1 heterocycles. The lowest BCUT2D eigenvalue weighted by molar-refractivity contribution is -0.132. The minimum absolute atomic E-state index is 0.154. The summed E-state index contributed by atoms with van der Waals surface area (Å²) in [6.07, 6.45) is 0. The van der Waals surface area contributed by atoms with Crippen LogP contribution in [0.1, 0.15) is 24.1 Å². The van der Waals surface area contributed by atoms with Crippen LogP contribution in [0.3, 0.4) is 0 Å². The molecule has 1 unspecified atom stereocenters. The van der Waals surface area contributed by atoms with E-state index in [1.165, 1.54) is 54.5 Å². The predicted octanol–water partition coefficient (Wildman–Crippen LogP) is 4.02. The Balaban J connectivity index is 1.91. The molecule has 1 aliphatic rings. The fourth-order valence-corrected chi connectivity index (χ4v) is 4.76. The minimum atomic E-state index is -3.97. The van der Waals surface area contributed by atoms with Crippen LogP contribution in [0.5, 0.6) is 11.5 Å². The Morgan fingerprint density at radius 3 is 2.27 bits per heavy atom. The molecule has 1 atom stereocenters. The van der Waals surface area contributed by atoms with E-state index in [9.17, 15) is 23.1 Å². The average Bonchev–Trinajstić information content (AvgIpc) is 3.15. The third-order valence-electron chi connectivity index (χ3n) is 5.82. The van der Waals surface area contributed by atoms with Gasteiger partial charge in [0.25, 0.3) is 11.7 Å². The number of rotatable bonds is 7. The number of sulfonamides is 1. The predicted molar refractivity (Wildman–Crippen MR) is 138 cm³/mol. The second kappa shape index (κ2) is 10.3. The zero-order valence-corrected chi connectivity index (χ0v) is 21.4. The number of aliphatic hydroxyl groups excluding tert-OH is 1. The summed E-state index contributed by atoms with van der Waals surface area (Å²) in [7, 11) is -2.47.